The van der Waals surface area contributed by atoms with Gasteiger partial charge in [-0.1, -0.05) is 84.4 Å². The molecule has 0 aliphatic carbocycles. The quantitative estimate of drug-likeness (QED) is 0.296. The topological polar surface area (TPSA) is 38.7 Å². The molecule has 0 aliphatic heterocycles. The van der Waals surface area contributed by atoms with Crippen molar-refractivity contribution in [2.45, 2.75) is 44.8 Å². The number of benzene rings is 3. The van der Waals surface area contributed by atoms with Crippen LogP contribution in [-0.2, 0) is 9.53 Å². The molecular weight excluding hydrogens is 406 g/mol. The van der Waals surface area contributed by atoms with Crippen molar-refractivity contribution in [3.05, 3.63) is 107 Å². The molecule has 0 fully saturated rings. The minimum Gasteiger partial charge on any atom is -0.460 e. The fourth-order valence-electron chi connectivity index (χ4n) is 3.46. The van der Waals surface area contributed by atoms with E-state index in [1.54, 1.807) is 0 Å². The summed E-state index contributed by atoms with van der Waals surface area (Å²) < 4.78 is 5.65. The fourth-order valence-corrected chi connectivity index (χ4v) is 3.59. The van der Waals surface area contributed by atoms with E-state index >= 15 is 0 Å². The first kappa shape index (κ1) is 22.8. The zero-order chi connectivity index (χ0) is 22.3. The Labute approximate surface area is 189 Å². The Kier molecular flexibility index (Phi) is 7.64. The van der Waals surface area contributed by atoms with Gasteiger partial charge in [0.05, 0.1) is 12.5 Å². The van der Waals surface area contributed by atoms with Crippen molar-refractivity contribution in [3.8, 4) is 0 Å². The lowest BCUT2D eigenvalue weighted by molar-refractivity contribution is -0.155. The molecule has 4 heteroatoms. The van der Waals surface area contributed by atoms with Gasteiger partial charge in [-0.25, -0.2) is 0 Å². The molecule has 0 amide bonds. The Bertz CT molecular complexity index is 993. The van der Waals surface area contributed by atoms with Gasteiger partial charge in [0.15, 0.2) is 0 Å². The molecule has 3 aromatic carbocycles. The van der Waals surface area contributed by atoms with E-state index in [0.29, 0.717) is 5.02 Å². The summed E-state index contributed by atoms with van der Waals surface area (Å²) in [4.78, 5) is 17.7. The predicted octanol–water partition coefficient (Wildman–Crippen LogP) is 7.02. The van der Waals surface area contributed by atoms with Gasteiger partial charge in [-0.05, 0) is 49.6 Å². The SMILES string of the molecule is CC(C)(C)OC(=O)C[C@@H](c1ccccc1)[C@H](N=Cc1ccc(Cl)cc1)c1ccccc1. The van der Waals surface area contributed by atoms with Gasteiger partial charge in [0.2, 0.25) is 0 Å². The molecule has 2 atom stereocenters. The Morgan fingerprint density at radius 1 is 0.903 bits per heavy atom. The number of hydrogen-bond acceptors (Lipinski definition) is 3. The van der Waals surface area contributed by atoms with Crippen molar-refractivity contribution < 1.29 is 9.53 Å². The standard InChI is InChI=1S/C27H28ClNO2/c1-27(2,3)31-25(30)18-24(21-10-6-4-7-11-21)26(22-12-8-5-9-13-22)29-19-20-14-16-23(28)17-15-20/h4-17,19,24,26H,18H2,1-3H3/t24-,26+/m0/s1. The third-order valence-corrected chi connectivity index (χ3v) is 5.06. The van der Waals surface area contributed by atoms with Crippen LogP contribution in [0.15, 0.2) is 89.9 Å². The van der Waals surface area contributed by atoms with Crippen molar-refractivity contribution in [2.75, 3.05) is 0 Å². The van der Waals surface area contributed by atoms with Gasteiger partial charge in [-0.3, -0.25) is 9.79 Å². The number of carbonyl (C=O) groups is 1. The fraction of sp³-hybridized carbons (Fsp3) is 0.259. The van der Waals surface area contributed by atoms with Crippen LogP contribution in [0.5, 0.6) is 0 Å². The zero-order valence-electron chi connectivity index (χ0n) is 18.2. The smallest absolute Gasteiger partial charge is 0.307 e. The largest absolute Gasteiger partial charge is 0.460 e. The van der Waals surface area contributed by atoms with Crippen LogP contribution in [0.3, 0.4) is 0 Å². The van der Waals surface area contributed by atoms with E-state index in [9.17, 15) is 4.79 Å². The summed E-state index contributed by atoms with van der Waals surface area (Å²) in [5, 5.41) is 0.684. The lowest BCUT2D eigenvalue weighted by Gasteiger charge is -2.27. The number of halogens is 1. The van der Waals surface area contributed by atoms with E-state index in [1.165, 1.54) is 0 Å². The molecule has 0 N–H and O–H groups in total. The molecule has 0 saturated carbocycles. The Morgan fingerprint density at radius 2 is 1.45 bits per heavy atom. The molecule has 3 nitrogen and oxygen atoms in total. The van der Waals surface area contributed by atoms with E-state index in [2.05, 4.69) is 12.1 Å². The molecule has 0 radical (unpaired) electrons. The van der Waals surface area contributed by atoms with Gasteiger partial charge < -0.3 is 4.74 Å². The number of hydrogen-bond donors (Lipinski definition) is 0. The maximum atomic E-state index is 12.8. The average Bonchev–Trinajstić information content (AvgIpc) is 2.74. The number of rotatable bonds is 7. The van der Waals surface area contributed by atoms with Gasteiger partial charge in [0.25, 0.3) is 0 Å². The Morgan fingerprint density at radius 3 is 2.00 bits per heavy atom. The monoisotopic (exact) mass is 433 g/mol. The lowest BCUT2D eigenvalue weighted by atomic mass is 9.85. The molecule has 0 aliphatic rings. The first-order chi connectivity index (χ1) is 14.8. The summed E-state index contributed by atoms with van der Waals surface area (Å²) in [6, 6.07) is 27.4. The average molecular weight is 434 g/mol. The maximum absolute atomic E-state index is 12.8. The molecule has 0 saturated heterocycles. The van der Waals surface area contributed by atoms with Gasteiger partial charge >= 0.3 is 5.97 Å². The molecule has 0 heterocycles. The van der Waals surface area contributed by atoms with Gasteiger partial charge in [0, 0.05) is 17.2 Å². The van der Waals surface area contributed by atoms with Crippen molar-refractivity contribution in [3.63, 3.8) is 0 Å². The normalized spacial score (nSPS) is 13.7. The molecule has 3 aromatic rings. The molecule has 0 bridgehead atoms. The minimum atomic E-state index is -0.535. The second kappa shape index (κ2) is 10.4. The van der Waals surface area contributed by atoms with Crippen LogP contribution in [0.4, 0.5) is 0 Å². The third-order valence-electron chi connectivity index (χ3n) is 4.81. The summed E-state index contributed by atoms with van der Waals surface area (Å²) in [6.45, 7) is 5.65. The number of ether oxygens (including phenoxy) is 1. The summed E-state index contributed by atoms with van der Waals surface area (Å²) in [5.74, 6) is -0.397. The first-order valence-corrected chi connectivity index (χ1v) is 10.8. The van der Waals surface area contributed by atoms with Crippen molar-refractivity contribution >= 4 is 23.8 Å². The first-order valence-electron chi connectivity index (χ1n) is 10.4. The van der Waals surface area contributed by atoms with Gasteiger partial charge in [-0.15, -0.1) is 0 Å². The Hall–Kier alpha value is -2.91. The van der Waals surface area contributed by atoms with E-state index in [-0.39, 0.29) is 24.3 Å². The van der Waals surface area contributed by atoms with E-state index in [4.69, 9.17) is 21.3 Å². The summed E-state index contributed by atoms with van der Waals surface area (Å²) >= 11 is 6.01. The highest BCUT2D eigenvalue weighted by Gasteiger charge is 2.29. The van der Waals surface area contributed by atoms with Crippen molar-refractivity contribution in [1.29, 1.82) is 0 Å². The van der Waals surface area contributed by atoms with Crippen molar-refractivity contribution in [2.24, 2.45) is 4.99 Å². The highest BCUT2D eigenvalue weighted by Crippen LogP contribution is 2.37. The summed E-state index contributed by atoms with van der Waals surface area (Å²) in [6.07, 6.45) is 2.08. The molecule has 3 rings (SSSR count). The number of esters is 1. The molecule has 0 aromatic heterocycles. The van der Waals surface area contributed by atoms with Crippen LogP contribution in [-0.4, -0.2) is 17.8 Å². The lowest BCUT2D eigenvalue weighted by Crippen LogP contribution is -2.26. The second-order valence-electron chi connectivity index (χ2n) is 8.49. The molecule has 0 unspecified atom stereocenters. The highest BCUT2D eigenvalue weighted by molar-refractivity contribution is 6.30. The zero-order valence-corrected chi connectivity index (χ0v) is 18.9. The molecular formula is C27H28ClNO2. The Balaban J connectivity index is 1.99. The third kappa shape index (κ3) is 7.08. The minimum absolute atomic E-state index is 0.165. The van der Waals surface area contributed by atoms with Crippen LogP contribution in [0, 0.1) is 0 Å². The molecule has 160 valence electrons. The van der Waals surface area contributed by atoms with E-state index < -0.39 is 5.60 Å². The molecule has 0 spiro atoms. The van der Waals surface area contributed by atoms with E-state index in [0.717, 1.165) is 16.7 Å². The van der Waals surface area contributed by atoms with Crippen LogP contribution in [0.1, 0.15) is 55.8 Å². The van der Waals surface area contributed by atoms with Gasteiger partial charge in [0.1, 0.15) is 5.60 Å². The van der Waals surface area contributed by atoms with Crippen LogP contribution >= 0.6 is 11.6 Å². The maximum Gasteiger partial charge on any atom is 0.307 e. The highest BCUT2D eigenvalue weighted by atomic mass is 35.5. The summed E-state index contributed by atoms with van der Waals surface area (Å²) in [5.41, 5.74) is 2.52. The number of nitrogens with zero attached hydrogens (tertiary/aromatic N) is 1. The predicted molar refractivity (Wildman–Crippen MR) is 128 cm³/mol. The van der Waals surface area contributed by atoms with Crippen LogP contribution < -0.4 is 0 Å². The van der Waals surface area contributed by atoms with Crippen LogP contribution in [0.2, 0.25) is 5.02 Å². The van der Waals surface area contributed by atoms with E-state index in [1.807, 2.05) is 99.8 Å². The second-order valence-corrected chi connectivity index (χ2v) is 8.93. The van der Waals surface area contributed by atoms with Crippen molar-refractivity contribution in [1.82, 2.24) is 0 Å². The van der Waals surface area contributed by atoms with Crippen LogP contribution in [0.25, 0.3) is 0 Å². The number of carbonyl (C=O) groups excluding carboxylic acids is 1. The van der Waals surface area contributed by atoms with Gasteiger partial charge in [-0.2, -0.15) is 0 Å². The summed E-state index contributed by atoms with van der Waals surface area (Å²) in [7, 11) is 0. The number of aliphatic imine (C=N–C) groups is 1. The molecule has 31 heavy (non-hydrogen) atoms.